The van der Waals surface area contributed by atoms with Crippen LogP contribution in [0.2, 0.25) is 0 Å². The summed E-state index contributed by atoms with van der Waals surface area (Å²) >= 11 is 2.76. The molecular formula is C24H28FNO4S3. The topological polar surface area (TPSA) is 63.7 Å². The highest BCUT2D eigenvalue weighted by molar-refractivity contribution is 7.99. The van der Waals surface area contributed by atoms with E-state index in [1.54, 1.807) is 24.8 Å². The molecule has 1 aromatic heterocycles. The second-order valence-corrected chi connectivity index (χ2v) is 12.2. The third-order valence-electron chi connectivity index (χ3n) is 5.09. The van der Waals surface area contributed by atoms with Crippen LogP contribution in [0.4, 0.5) is 4.39 Å². The summed E-state index contributed by atoms with van der Waals surface area (Å²) < 4.78 is 48.7. The van der Waals surface area contributed by atoms with Crippen LogP contribution >= 0.6 is 23.1 Å². The molecule has 1 heterocycles. The van der Waals surface area contributed by atoms with Crippen LogP contribution in [0.1, 0.15) is 31.4 Å². The van der Waals surface area contributed by atoms with Gasteiger partial charge in [0.15, 0.2) is 5.78 Å². The van der Waals surface area contributed by atoms with Crippen molar-refractivity contribution in [1.82, 2.24) is 4.31 Å². The molecule has 2 aromatic carbocycles. The largest absolute Gasteiger partial charge is 0.486 e. The zero-order valence-electron chi connectivity index (χ0n) is 19.2. The van der Waals surface area contributed by atoms with Crippen molar-refractivity contribution in [3.8, 4) is 5.75 Å². The van der Waals surface area contributed by atoms with Crippen LogP contribution in [0.25, 0.3) is 10.1 Å². The second kappa shape index (κ2) is 11.0. The standard InChI is InChI=1S/C24H28FNO4S3/c1-5-10-26(11-12-31-20-7-8-22(16(2)13-20)30-15-17(3)27)33(28,29)24-18(4)21-14-19(25)6-9-23(21)32-24/h6-9,13-14H,5,10-12,15H2,1-4H3. The lowest BCUT2D eigenvalue weighted by Gasteiger charge is -2.21. The highest BCUT2D eigenvalue weighted by Crippen LogP contribution is 2.36. The van der Waals surface area contributed by atoms with E-state index in [4.69, 9.17) is 4.74 Å². The summed E-state index contributed by atoms with van der Waals surface area (Å²) in [5.41, 5.74) is 1.52. The fourth-order valence-corrected chi connectivity index (χ4v) is 7.95. The first-order valence-corrected chi connectivity index (χ1v) is 13.9. The maximum atomic E-state index is 13.7. The van der Waals surface area contributed by atoms with E-state index in [0.29, 0.717) is 42.0 Å². The number of rotatable bonds is 11. The lowest BCUT2D eigenvalue weighted by atomic mass is 10.2. The molecule has 0 aliphatic carbocycles. The molecule has 3 rings (SSSR count). The van der Waals surface area contributed by atoms with Gasteiger partial charge < -0.3 is 4.74 Å². The first-order chi connectivity index (χ1) is 15.6. The Labute approximate surface area is 203 Å². The van der Waals surface area contributed by atoms with Gasteiger partial charge in [-0.15, -0.1) is 23.1 Å². The van der Waals surface area contributed by atoms with E-state index < -0.39 is 10.0 Å². The molecule has 0 radical (unpaired) electrons. The van der Waals surface area contributed by atoms with E-state index in [2.05, 4.69) is 0 Å². The van der Waals surface area contributed by atoms with Gasteiger partial charge in [0.25, 0.3) is 10.0 Å². The number of halogens is 1. The summed E-state index contributed by atoms with van der Waals surface area (Å²) in [5.74, 6) is 0.845. The van der Waals surface area contributed by atoms with Gasteiger partial charge in [0.05, 0.1) is 0 Å². The maximum Gasteiger partial charge on any atom is 0.252 e. The first-order valence-electron chi connectivity index (χ1n) is 10.7. The number of thioether (sulfide) groups is 1. The molecule has 0 aliphatic rings. The van der Waals surface area contributed by atoms with Crippen LogP contribution in [0.5, 0.6) is 5.75 Å². The molecule has 33 heavy (non-hydrogen) atoms. The number of ketones is 1. The maximum absolute atomic E-state index is 13.7. The van der Waals surface area contributed by atoms with Gasteiger partial charge >= 0.3 is 0 Å². The Morgan fingerprint density at radius 2 is 1.91 bits per heavy atom. The molecule has 0 bridgehead atoms. The monoisotopic (exact) mass is 509 g/mol. The Bertz CT molecular complexity index is 1250. The van der Waals surface area contributed by atoms with E-state index in [9.17, 15) is 17.6 Å². The molecule has 9 heteroatoms. The van der Waals surface area contributed by atoms with Gasteiger partial charge in [-0.3, -0.25) is 4.79 Å². The summed E-state index contributed by atoms with van der Waals surface area (Å²) in [7, 11) is -3.69. The summed E-state index contributed by atoms with van der Waals surface area (Å²) in [4.78, 5) is 12.1. The normalized spacial score (nSPS) is 11.9. The minimum absolute atomic E-state index is 0.0379. The fraction of sp³-hybridized carbons (Fsp3) is 0.375. The molecule has 0 spiro atoms. The molecule has 178 valence electrons. The Hall–Kier alpha value is -1.94. The average molecular weight is 510 g/mol. The smallest absolute Gasteiger partial charge is 0.252 e. The van der Waals surface area contributed by atoms with E-state index in [1.807, 2.05) is 32.0 Å². The Morgan fingerprint density at radius 1 is 1.15 bits per heavy atom. The zero-order chi connectivity index (χ0) is 24.2. The van der Waals surface area contributed by atoms with Crippen molar-refractivity contribution in [1.29, 1.82) is 0 Å². The third kappa shape index (κ3) is 6.15. The number of carbonyl (C=O) groups is 1. The SMILES string of the molecule is CCCN(CCSc1ccc(OCC(C)=O)c(C)c1)S(=O)(=O)c1sc2ccc(F)cc2c1C. The Balaban J connectivity index is 1.73. The quantitative estimate of drug-likeness (QED) is 0.305. The number of ether oxygens (including phenoxy) is 1. The molecule has 0 N–H and O–H groups in total. The van der Waals surface area contributed by atoms with E-state index in [-0.39, 0.29) is 22.4 Å². The molecule has 0 atom stereocenters. The van der Waals surface area contributed by atoms with Crippen molar-refractivity contribution < 1.29 is 22.3 Å². The van der Waals surface area contributed by atoms with Gasteiger partial charge in [-0.05, 0) is 80.1 Å². The van der Waals surface area contributed by atoms with Gasteiger partial charge in [0.2, 0.25) is 0 Å². The van der Waals surface area contributed by atoms with Crippen LogP contribution in [0.3, 0.4) is 0 Å². The van der Waals surface area contributed by atoms with Gasteiger partial charge in [0, 0.05) is 28.4 Å². The number of hydrogen-bond donors (Lipinski definition) is 0. The molecule has 3 aromatic rings. The highest BCUT2D eigenvalue weighted by Gasteiger charge is 2.28. The molecule has 5 nitrogen and oxygen atoms in total. The van der Waals surface area contributed by atoms with Crippen molar-refractivity contribution in [3.05, 3.63) is 53.3 Å². The lowest BCUT2D eigenvalue weighted by molar-refractivity contribution is -0.118. The molecule has 0 unspecified atom stereocenters. The van der Waals surface area contributed by atoms with Crippen LogP contribution in [0.15, 0.2) is 45.5 Å². The summed E-state index contributed by atoms with van der Waals surface area (Å²) in [6.07, 6.45) is 0.698. The fourth-order valence-electron chi connectivity index (χ4n) is 3.45. The summed E-state index contributed by atoms with van der Waals surface area (Å²) in [5, 5.41) is 0.645. The minimum Gasteiger partial charge on any atom is -0.486 e. The number of nitrogens with zero attached hydrogens (tertiary/aromatic N) is 1. The molecule has 0 saturated carbocycles. The lowest BCUT2D eigenvalue weighted by Crippen LogP contribution is -2.33. The molecule has 0 aliphatic heterocycles. The summed E-state index contributed by atoms with van der Waals surface area (Å²) in [6.45, 7) is 7.91. The van der Waals surface area contributed by atoms with Gasteiger partial charge in [-0.1, -0.05) is 6.92 Å². The Morgan fingerprint density at radius 3 is 2.58 bits per heavy atom. The van der Waals surface area contributed by atoms with Crippen LogP contribution in [0, 0.1) is 19.7 Å². The number of carbonyl (C=O) groups excluding carboxylic acids is 1. The van der Waals surface area contributed by atoms with Gasteiger partial charge in [0.1, 0.15) is 22.4 Å². The van der Waals surface area contributed by atoms with Crippen LogP contribution in [-0.2, 0) is 14.8 Å². The van der Waals surface area contributed by atoms with Crippen LogP contribution in [-0.4, -0.2) is 44.0 Å². The Kier molecular flexibility index (Phi) is 8.55. The predicted octanol–water partition coefficient (Wildman–Crippen LogP) is 5.82. The third-order valence-corrected chi connectivity index (χ3v) is 9.83. The number of sulfonamides is 1. The average Bonchev–Trinajstić information content (AvgIpc) is 3.09. The molecular weight excluding hydrogens is 481 g/mol. The number of aryl methyl sites for hydroxylation is 2. The number of hydrogen-bond acceptors (Lipinski definition) is 6. The molecule has 0 amide bonds. The number of benzene rings is 2. The van der Waals surface area contributed by atoms with E-state index in [1.165, 1.54) is 34.7 Å². The molecule has 0 saturated heterocycles. The van der Waals surface area contributed by atoms with Crippen molar-refractivity contribution in [2.75, 3.05) is 25.4 Å². The second-order valence-electron chi connectivity index (χ2n) is 7.83. The predicted molar refractivity (Wildman–Crippen MR) is 134 cm³/mol. The summed E-state index contributed by atoms with van der Waals surface area (Å²) in [6, 6.07) is 10.1. The van der Waals surface area contributed by atoms with E-state index >= 15 is 0 Å². The number of fused-ring (bicyclic) bond motifs is 1. The van der Waals surface area contributed by atoms with Gasteiger partial charge in [-0.25, -0.2) is 12.8 Å². The highest BCUT2D eigenvalue weighted by atomic mass is 32.2. The zero-order valence-corrected chi connectivity index (χ0v) is 21.6. The van der Waals surface area contributed by atoms with Crippen molar-refractivity contribution in [3.63, 3.8) is 0 Å². The number of thiophene rings is 1. The minimum atomic E-state index is -3.69. The molecule has 0 fully saturated rings. The van der Waals surface area contributed by atoms with Crippen molar-refractivity contribution in [2.45, 2.75) is 43.2 Å². The van der Waals surface area contributed by atoms with Crippen molar-refractivity contribution in [2.24, 2.45) is 0 Å². The van der Waals surface area contributed by atoms with Crippen LogP contribution < -0.4 is 4.74 Å². The van der Waals surface area contributed by atoms with Gasteiger partial charge in [-0.2, -0.15) is 4.31 Å². The first kappa shape index (κ1) is 25.7. The van der Waals surface area contributed by atoms with Crippen molar-refractivity contribution >= 4 is 49.0 Å². The van der Waals surface area contributed by atoms with E-state index in [0.717, 1.165) is 15.2 Å². The number of Topliss-reactive ketones (excluding diaryl/α,β-unsaturated/α-hetero) is 1.